The van der Waals surface area contributed by atoms with Crippen molar-refractivity contribution in [1.29, 1.82) is 5.26 Å². The highest BCUT2D eigenvalue weighted by Gasteiger charge is 2.58. The van der Waals surface area contributed by atoms with Gasteiger partial charge < -0.3 is 4.74 Å². The first kappa shape index (κ1) is 15.8. The maximum Gasteiger partial charge on any atom is 0.169 e. The van der Waals surface area contributed by atoms with E-state index in [1.165, 1.54) is 0 Å². The Labute approximate surface area is 147 Å². The molecule has 2 aliphatic heterocycles. The van der Waals surface area contributed by atoms with Crippen LogP contribution in [0.25, 0.3) is 0 Å². The van der Waals surface area contributed by atoms with E-state index in [4.69, 9.17) is 10.00 Å². The minimum Gasteiger partial charge on any atom is -0.362 e. The van der Waals surface area contributed by atoms with Crippen molar-refractivity contribution in [2.75, 3.05) is 0 Å². The van der Waals surface area contributed by atoms with E-state index in [1.807, 2.05) is 60.7 Å². The van der Waals surface area contributed by atoms with Crippen LogP contribution in [-0.4, -0.2) is 17.5 Å². The molecule has 25 heavy (non-hydrogen) atoms. The molecule has 0 saturated carbocycles. The molecule has 3 heteroatoms. The van der Waals surface area contributed by atoms with Gasteiger partial charge in [-0.3, -0.25) is 4.79 Å². The van der Waals surface area contributed by atoms with Crippen LogP contribution in [0.4, 0.5) is 0 Å². The van der Waals surface area contributed by atoms with Gasteiger partial charge in [0.1, 0.15) is 0 Å². The van der Waals surface area contributed by atoms with Crippen molar-refractivity contribution < 1.29 is 9.53 Å². The highest BCUT2D eigenvalue weighted by Crippen LogP contribution is 2.54. The van der Waals surface area contributed by atoms with Crippen LogP contribution >= 0.6 is 0 Å². The second kappa shape index (κ2) is 5.98. The van der Waals surface area contributed by atoms with E-state index < -0.39 is 5.60 Å². The molecule has 2 aliphatic rings. The Balaban J connectivity index is 1.78. The smallest absolute Gasteiger partial charge is 0.169 e. The van der Waals surface area contributed by atoms with E-state index in [9.17, 15) is 4.79 Å². The van der Waals surface area contributed by atoms with Crippen LogP contribution in [0.5, 0.6) is 0 Å². The Morgan fingerprint density at radius 3 is 2.52 bits per heavy atom. The van der Waals surface area contributed by atoms with E-state index in [-0.39, 0.29) is 23.7 Å². The van der Waals surface area contributed by atoms with Crippen molar-refractivity contribution in [2.24, 2.45) is 5.92 Å². The van der Waals surface area contributed by atoms with Gasteiger partial charge >= 0.3 is 0 Å². The zero-order chi connectivity index (χ0) is 17.4. The number of rotatable bonds is 4. The SMILES string of the molecule is CC[C@@]12C=C[C@@H](O1)[C@@H](C(=O)c1ccccc1)[C@@H]2c1ccc(C#N)cc1. The predicted octanol–water partition coefficient (Wildman–Crippen LogP) is 4.26. The molecule has 3 nitrogen and oxygen atoms in total. The molecule has 0 N–H and O–H groups in total. The van der Waals surface area contributed by atoms with Gasteiger partial charge in [0.05, 0.1) is 29.3 Å². The lowest BCUT2D eigenvalue weighted by Crippen LogP contribution is -2.36. The number of nitrogens with zero attached hydrogens (tertiary/aromatic N) is 1. The average molecular weight is 329 g/mol. The average Bonchev–Trinajstić information content (AvgIpc) is 3.25. The van der Waals surface area contributed by atoms with Gasteiger partial charge in [-0.05, 0) is 24.1 Å². The first-order chi connectivity index (χ1) is 12.2. The zero-order valence-corrected chi connectivity index (χ0v) is 14.1. The number of fused-ring (bicyclic) bond motifs is 2. The predicted molar refractivity (Wildman–Crippen MR) is 95.2 cm³/mol. The standard InChI is InChI=1S/C22H19NO2/c1-2-22-13-12-18(25-22)19(21(24)17-6-4-3-5-7-17)20(22)16-10-8-15(14-23)9-11-16/h3-13,18-20H,2H2,1H3/t18-,19-,20+,22+/m1/s1. The number of carbonyl (C=O) groups is 1. The lowest BCUT2D eigenvalue weighted by atomic mass is 9.68. The topological polar surface area (TPSA) is 50.1 Å². The van der Waals surface area contributed by atoms with Gasteiger partial charge in [-0.25, -0.2) is 0 Å². The van der Waals surface area contributed by atoms with Gasteiger partial charge in [0.2, 0.25) is 0 Å². The molecule has 2 heterocycles. The lowest BCUT2D eigenvalue weighted by molar-refractivity contribution is 0.0200. The molecule has 2 aromatic carbocycles. The molecule has 0 spiro atoms. The van der Waals surface area contributed by atoms with Crippen LogP contribution in [0.15, 0.2) is 66.7 Å². The van der Waals surface area contributed by atoms with Crippen LogP contribution in [0.2, 0.25) is 0 Å². The molecule has 4 rings (SSSR count). The van der Waals surface area contributed by atoms with Crippen LogP contribution < -0.4 is 0 Å². The number of Topliss-reactive ketones (excluding diaryl/α,β-unsaturated/α-hetero) is 1. The first-order valence-electron chi connectivity index (χ1n) is 8.65. The van der Waals surface area contributed by atoms with Gasteiger partial charge in [-0.2, -0.15) is 5.26 Å². The van der Waals surface area contributed by atoms with Gasteiger partial charge in [0.25, 0.3) is 0 Å². The summed E-state index contributed by atoms with van der Waals surface area (Å²) in [6, 6.07) is 19.1. The summed E-state index contributed by atoms with van der Waals surface area (Å²) in [4.78, 5) is 13.2. The summed E-state index contributed by atoms with van der Waals surface area (Å²) < 4.78 is 6.29. The molecular weight excluding hydrogens is 310 g/mol. The molecule has 0 unspecified atom stereocenters. The molecule has 1 saturated heterocycles. The van der Waals surface area contributed by atoms with Crippen molar-refractivity contribution in [3.05, 3.63) is 83.4 Å². The zero-order valence-electron chi connectivity index (χ0n) is 14.1. The Morgan fingerprint density at radius 2 is 1.88 bits per heavy atom. The van der Waals surface area contributed by atoms with Gasteiger partial charge in [0, 0.05) is 11.5 Å². The van der Waals surface area contributed by atoms with Gasteiger partial charge in [-0.1, -0.05) is 61.5 Å². The van der Waals surface area contributed by atoms with Crippen molar-refractivity contribution in [1.82, 2.24) is 0 Å². The molecule has 4 atom stereocenters. The highest BCUT2D eigenvalue weighted by atomic mass is 16.5. The number of benzene rings is 2. The molecule has 0 radical (unpaired) electrons. The fourth-order valence-corrected chi connectivity index (χ4v) is 4.22. The summed E-state index contributed by atoms with van der Waals surface area (Å²) in [5, 5.41) is 9.04. The summed E-state index contributed by atoms with van der Waals surface area (Å²) in [6.45, 7) is 2.10. The summed E-state index contributed by atoms with van der Waals surface area (Å²) in [7, 11) is 0. The van der Waals surface area contributed by atoms with Crippen LogP contribution in [0.1, 0.15) is 40.7 Å². The second-order valence-corrected chi connectivity index (χ2v) is 6.72. The molecule has 0 aromatic heterocycles. The number of ketones is 1. The largest absolute Gasteiger partial charge is 0.362 e. The van der Waals surface area contributed by atoms with Crippen molar-refractivity contribution in [3.63, 3.8) is 0 Å². The summed E-state index contributed by atoms with van der Waals surface area (Å²) >= 11 is 0. The van der Waals surface area contributed by atoms with Crippen molar-refractivity contribution in [2.45, 2.75) is 31.0 Å². The monoisotopic (exact) mass is 329 g/mol. The van der Waals surface area contributed by atoms with Crippen LogP contribution in [0, 0.1) is 17.2 Å². The van der Waals surface area contributed by atoms with Crippen molar-refractivity contribution in [3.8, 4) is 6.07 Å². The third-order valence-electron chi connectivity index (χ3n) is 5.48. The van der Waals surface area contributed by atoms with E-state index in [1.54, 1.807) is 0 Å². The lowest BCUT2D eigenvalue weighted by Gasteiger charge is -2.33. The summed E-state index contributed by atoms with van der Waals surface area (Å²) in [5.41, 5.74) is 1.97. The third-order valence-corrected chi connectivity index (χ3v) is 5.48. The number of carbonyl (C=O) groups excluding carboxylic acids is 1. The Kier molecular flexibility index (Phi) is 3.78. The third kappa shape index (κ3) is 2.42. The number of ether oxygens (including phenoxy) is 1. The van der Waals surface area contributed by atoms with Gasteiger partial charge in [0.15, 0.2) is 5.78 Å². The molecule has 0 amide bonds. The number of hydrogen-bond donors (Lipinski definition) is 0. The molecule has 2 bridgehead atoms. The first-order valence-corrected chi connectivity index (χ1v) is 8.65. The molecule has 124 valence electrons. The Hall–Kier alpha value is -2.70. The summed E-state index contributed by atoms with van der Waals surface area (Å²) in [5.74, 6) is -0.145. The Morgan fingerprint density at radius 1 is 1.16 bits per heavy atom. The fraction of sp³-hybridized carbons (Fsp3) is 0.273. The van der Waals surface area contributed by atoms with E-state index in [2.05, 4.69) is 19.1 Å². The van der Waals surface area contributed by atoms with Crippen LogP contribution in [0.3, 0.4) is 0 Å². The molecular formula is C22H19NO2. The highest BCUT2D eigenvalue weighted by molar-refractivity contribution is 5.99. The molecule has 1 fully saturated rings. The maximum atomic E-state index is 13.2. The van der Waals surface area contributed by atoms with Crippen molar-refractivity contribution >= 4 is 5.78 Å². The van der Waals surface area contributed by atoms with Gasteiger partial charge in [-0.15, -0.1) is 0 Å². The summed E-state index contributed by atoms with van der Waals surface area (Å²) in [6.07, 6.45) is 4.78. The fourth-order valence-electron chi connectivity index (χ4n) is 4.22. The quantitative estimate of drug-likeness (QED) is 0.622. The number of hydrogen-bond acceptors (Lipinski definition) is 3. The van der Waals surface area contributed by atoms with E-state index in [0.717, 1.165) is 17.5 Å². The molecule has 2 aromatic rings. The molecule has 0 aliphatic carbocycles. The van der Waals surface area contributed by atoms with E-state index >= 15 is 0 Å². The second-order valence-electron chi connectivity index (χ2n) is 6.72. The maximum absolute atomic E-state index is 13.2. The van der Waals surface area contributed by atoms with Crippen LogP contribution in [-0.2, 0) is 4.74 Å². The number of nitriles is 1. The minimum absolute atomic E-state index is 0.0343. The van der Waals surface area contributed by atoms with E-state index in [0.29, 0.717) is 5.56 Å². The Bertz CT molecular complexity index is 863. The minimum atomic E-state index is -0.437. The normalized spacial score (nSPS) is 29.5.